The fourth-order valence-corrected chi connectivity index (χ4v) is 2.46. The normalized spacial score (nSPS) is 11.3. The fraction of sp³-hybridized carbons (Fsp3) is 0.500. The highest BCUT2D eigenvalue weighted by Gasteiger charge is 2.03. The van der Waals surface area contributed by atoms with Crippen LogP contribution >= 0.6 is 24.0 Å². The van der Waals surface area contributed by atoms with E-state index in [4.69, 9.17) is 4.74 Å². The molecular formula is C18H29IN4O. The molecule has 0 saturated carbocycles. The maximum atomic E-state index is 5.53. The van der Waals surface area contributed by atoms with Crippen molar-refractivity contribution in [2.75, 3.05) is 33.4 Å². The molecule has 0 aliphatic carbocycles. The summed E-state index contributed by atoms with van der Waals surface area (Å²) in [5, 5.41) is 7.91. The van der Waals surface area contributed by atoms with Gasteiger partial charge >= 0.3 is 0 Å². The number of nitrogens with one attached hydrogen (secondary N) is 3. The van der Waals surface area contributed by atoms with Gasteiger partial charge in [0, 0.05) is 43.8 Å². The first kappa shape index (κ1) is 20.8. The van der Waals surface area contributed by atoms with E-state index in [2.05, 4.69) is 58.0 Å². The number of para-hydroxylation sites is 1. The summed E-state index contributed by atoms with van der Waals surface area (Å²) in [6, 6.07) is 8.38. The smallest absolute Gasteiger partial charge is 0.191 e. The number of rotatable bonds is 9. The van der Waals surface area contributed by atoms with Gasteiger partial charge in [-0.2, -0.15) is 0 Å². The average molecular weight is 444 g/mol. The summed E-state index contributed by atoms with van der Waals surface area (Å²) in [6.07, 6.45) is 5.34. The molecule has 2 rings (SSSR count). The Kier molecular flexibility index (Phi) is 10.5. The SMILES string of the molecule is CCCCOCCNC(=NC)NCCc1c[nH]c2ccccc12.I. The van der Waals surface area contributed by atoms with Crippen molar-refractivity contribution in [2.45, 2.75) is 26.2 Å². The van der Waals surface area contributed by atoms with Crippen molar-refractivity contribution in [3.8, 4) is 0 Å². The van der Waals surface area contributed by atoms with E-state index in [0.29, 0.717) is 6.61 Å². The molecule has 0 unspecified atom stereocenters. The van der Waals surface area contributed by atoms with Gasteiger partial charge in [0.25, 0.3) is 0 Å². The van der Waals surface area contributed by atoms with E-state index < -0.39 is 0 Å². The lowest BCUT2D eigenvalue weighted by atomic mass is 10.1. The fourth-order valence-electron chi connectivity index (χ4n) is 2.46. The van der Waals surface area contributed by atoms with Crippen LogP contribution in [0.3, 0.4) is 0 Å². The van der Waals surface area contributed by atoms with Crippen LogP contribution in [0.25, 0.3) is 10.9 Å². The molecule has 0 aliphatic rings. The molecule has 1 aromatic heterocycles. The van der Waals surface area contributed by atoms with Gasteiger partial charge in [0.15, 0.2) is 5.96 Å². The van der Waals surface area contributed by atoms with E-state index in [0.717, 1.165) is 38.5 Å². The second-order valence-corrected chi connectivity index (χ2v) is 5.50. The Labute approximate surface area is 161 Å². The van der Waals surface area contributed by atoms with Crippen molar-refractivity contribution in [1.29, 1.82) is 0 Å². The van der Waals surface area contributed by atoms with Gasteiger partial charge in [-0.25, -0.2) is 0 Å². The Morgan fingerprint density at radius 1 is 1.17 bits per heavy atom. The lowest BCUT2D eigenvalue weighted by Crippen LogP contribution is -2.39. The molecule has 134 valence electrons. The molecule has 5 nitrogen and oxygen atoms in total. The van der Waals surface area contributed by atoms with E-state index in [1.54, 1.807) is 7.05 Å². The Morgan fingerprint density at radius 3 is 2.75 bits per heavy atom. The maximum absolute atomic E-state index is 5.53. The van der Waals surface area contributed by atoms with Crippen LogP contribution in [0.15, 0.2) is 35.5 Å². The summed E-state index contributed by atoms with van der Waals surface area (Å²) in [5.41, 5.74) is 2.51. The molecule has 1 heterocycles. The first-order valence-corrected chi connectivity index (χ1v) is 8.42. The number of fused-ring (bicyclic) bond motifs is 1. The van der Waals surface area contributed by atoms with Crippen molar-refractivity contribution in [1.82, 2.24) is 15.6 Å². The minimum absolute atomic E-state index is 0. The summed E-state index contributed by atoms with van der Waals surface area (Å²) in [7, 11) is 1.79. The van der Waals surface area contributed by atoms with E-state index in [1.807, 2.05) is 0 Å². The number of aliphatic imine (C=N–C) groups is 1. The highest BCUT2D eigenvalue weighted by atomic mass is 127. The van der Waals surface area contributed by atoms with Crippen molar-refractivity contribution in [3.05, 3.63) is 36.0 Å². The van der Waals surface area contributed by atoms with Crippen molar-refractivity contribution < 1.29 is 4.74 Å². The maximum Gasteiger partial charge on any atom is 0.191 e. The Hall–Kier alpha value is -1.28. The van der Waals surface area contributed by atoms with Gasteiger partial charge in [0.05, 0.1) is 6.61 Å². The average Bonchev–Trinajstić information content (AvgIpc) is 2.99. The zero-order valence-electron chi connectivity index (χ0n) is 14.6. The molecule has 0 amide bonds. The molecule has 1 aromatic carbocycles. The Morgan fingerprint density at radius 2 is 1.96 bits per heavy atom. The second kappa shape index (κ2) is 12.1. The van der Waals surface area contributed by atoms with Crippen LogP contribution in [0.1, 0.15) is 25.3 Å². The number of unbranched alkanes of at least 4 members (excludes halogenated alkanes) is 1. The van der Waals surface area contributed by atoms with Gasteiger partial charge in [0.2, 0.25) is 0 Å². The van der Waals surface area contributed by atoms with Crippen LogP contribution in [0, 0.1) is 0 Å². The predicted octanol–water partition coefficient (Wildman–Crippen LogP) is 3.31. The molecule has 0 aliphatic heterocycles. The molecule has 0 atom stereocenters. The van der Waals surface area contributed by atoms with Gasteiger partial charge in [0.1, 0.15) is 0 Å². The number of hydrogen-bond acceptors (Lipinski definition) is 2. The first-order chi connectivity index (χ1) is 11.3. The number of H-pyrrole nitrogens is 1. The zero-order valence-corrected chi connectivity index (χ0v) is 16.9. The van der Waals surface area contributed by atoms with E-state index in [9.17, 15) is 0 Å². The molecule has 0 spiro atoms. The Bertz CT molecular complexity index is 612. The van der Waals surface area contributed by atoms with Crippen molar-refractivity contribution in [3.63, 3.8) is 0 Å². The van der Waals surface area contributed by atoms with Crippen molar-refractivity contribution >= 4 is 40.8 Å². The lowest BCUT2D eigenvalue weighted by molar-refractivity contribution is 0.136. The molecule has 0 fully saturated rings. The third-order valence-corrected chi connectivity index (χ3v) is 3.77. The van der Waals surface area contributed by atoms with Crippen molar-refractivity contribution in [2.24, 2.45) is 4.99 Å². The number of aromatic nitrogens is 1. The quantitative estimate of drug-likeness (QED) is 0.241. The predicted molar refractivity (Wildman–Crippen MR) is 113 cm³/mol. The van der Waals surface area contributed by atoms with Crippen LogP contribution in [0.5, 0.6) is 0 Å². The summed E-state index contributed by atoms with van der Waals surface area (Å²) >= 11 is 0. The molecule has 24 heavy (non-hydrogen) atoms. The molecular weight excluding hydrogens is 415 g/mol. The molecule has 6 heteroatoms. The topological polar surface area (TPSA) is 61.4 Å². The van der Waals surface area contributed by atoms with Crippen LogP contribution in [-0.2, 0) is 11.2 Å². The minimum Gasteiger partial charge on any atom is -0.380 e. The van der Waals surface area contributed by atoms with Gasteiger partial charge in [-0.05, 0) is 24.5 Å². The van der Waals surface area contributed by atoms with Gasteiger partial charge in [-0.3, -0.25) is 4.99 Å². The summed E-state index contributed by atoms with van der Waals surface area (Å²) in [6.45, 7) is 5.34. The number of halogens is 1. The molecule has 0 saturated heterocycles. The molecule has 3 N–H and O–H groups in total. The van der Waals surface area contributed by atoms with Crippen LogP contribution in [0.2, 0.25) is 0 Å². The summed E-state index contributed by atoms with van der Waals surface area (Å²) < 4.78 is 5.53. The monoisotopic (exact) mass is 444 g/mol. The largest absolute Gasteiger partial charge is 0.380 e. The number of benzene rings is 1. The Balaban J connectivity index is 0.00000288. The second-order valence-electron chi connectivity index (χ2n) is 5.50. The standard InChI is InChI=1S/C18H28N4O.HI/c1-3-4-12-23-13-11-21-18(19-2)20-10-9-15-14-22-17-8-6-5-7-16(15)17;/h5-8,14,22H,3-4,9-13H2,1-2H3,(H2,19,20,21);1H. The van der Waals surface area contributed by atoms with Gasteiger partial charge < -0.3 is 20.4 Å². The number of aromatic amines is 1. The summed E-state index contributed by atoms with van der Waals surface area (Å²) in [5.74, 6) is 0.823. The van der Waals surface area contributed by atoms with Gasteiger partial charge in [-0.1, -0.05) is 31.5 Å². The van der Waals surface area contributed by atoms with E-state index >= 15 is 0 Å². The third kappa shape index (κ3) is 6.68. The van der Waals surface area contributed by atoms with E-state index in [-0.39, 0.29) is 24.0 Å². The minimum atomic E-state index is 0. The number of guanidine groups is 1. The highest BCUT2D eigenvalue weighted by molar-refractivity contribution is 14.0. The summed E-state index contributed by atoms with van der Waals surface area (Å²) in [4.78, 5) is 7.54. The zero-order chi connectivity index (χ0) is 16.3. The van der Waals surface area contributed by atoms with Gasteiger partial charge in [-0.15, -0.1) is 24.0 Å². The molecule has 2 aromatic rings. The number of ether oxygens (including phenoxy) is 1. The van der Waals surface area contributed by atoms with Crippen LogP contribution in [-0.4, -0.2) is 44.3 Å². The highest BCUT2D eigenvalue weighted by Crippen LogP contribution is 2.17. The lowest BCUT2D eigenvalue weighted by Gasteiger charge is -2.11. The first-order valence-electron chi connectivity index (χ1n) is 8.42. The van der Waals surface area contributed by atoms with Crippen LogP contribution in [0.4, 0.5) is 0 Å². The number of hydrogen-bond donors (Lipinski definition) is 3. The van der Waals surface area contributed by atoms with Crippen LogP contribution < -0.4 is 10.6 Å². The third-order valence-electron chi connectivity index (χ3n) is 3.77. The molecule has 0 bridgehead atoms. The number of nitrogens with zero attached hydrogens (tertiary/aromatic N) is 1. The molecule has 0 radical (unpaired) electrons. The van der Waals surface area contributed by atoms with E-state index in [1.165, 1.54) is 22.9 Å².